The highest BCUT2D eigenvalue weighted by atomic mass is 32.2. The summed E-state index contributed by atoms with van der Waals surface area (Å²) in [5.41, 5.74) is 1.40. The highest BCUT2D eigenvalue weighted by Gasteiger charge is 2.30. The zero-order valence-corrected chi connectivity index (χ0v) is 19.0. The Labute approximate surface area is 189 Å². The first-order chi connectivity index (χ1) is 15.4. The number of hydrogen-bond donors (Lipinski definition) is 1. The summed E-state index contributed by atoms with van der Waals surface area (Å²) in [6.07, 6.45) is 4.77. The Balaban J connectivity index is 1.43. The van der Waals surface area contributed by atoms with Crippen LogP contribution in [0.15, 0.2) is 53.4 Å². The Morgan fingerprint density at radius 1 is 1.00 bits per heavy atom. The molecule has 2 aromatic carbocycles. The van der Waals surface area contributed by atoms with Crippen molar-refractivity contribution in [1.82, 2.24) is 14.5 Å². The second-order valence-electron chi connectivity index (χ2n) is 8.57. The molecule has 2 heterocycles. The summed E-state index contributed by atoms with van der Waals surface area (Å²) in [7, 11) is -3.93. The Morgan fingerprint density at radius 3 is 2.47 bits per heavy atom. The van der Waals surface area contributed by atoms with Crippen LogP contribution in [0.2, 0.25) is 0 Å². The van der Waals surface area contributed by atoms with Gasteiger partial charge in [0.05, 0.1) is 0 Å². The molecule has 0 aromatic heterocycles. The molecular formula is C24H30FN3O3S. The fourth-order valence-electron chi connectivity index (χ4n) is 4.54. The minimum Gasteiger partial charge on any atom is -0.350 e. The quantitative estimate of drug-likeness (QED) is 0.689. The molecule has 1 atom stereocenters. The normalized spacial score (nSPS) is 20.3. The smallest absolute Gasteiger partial charge is 0.251 e. The minimum absolute atomic E-state index is 0.162. The Hall–Kier alpha value is -2.29. The van der Waals surface area contributed by atoms with Crippen LogP contribution in [0.3, 0.4) is 0 Å². The van der Waals surface area contributed by atoms with Crippen LogP contribution >= 0.6 is 0 Å². The van der Waals surface area contributed by atoms with Crippen molar-refractivity contribution in [2.24, 2.45) is 0 Å². The minimum atomic E-state index is -3.93. The lowest BCUT2D eigenvalue weighted by Crippen LogP contribution is -2.46. The van der Waals surface area contributed by atoms with E-state index in [1.54, 1.807) is 0 Å². The van der Waals surface area contributed by atoms with Crippen LogP contribution in [-0.2, 0) is 16.6 Å². The van der Waals surface area contributed by atoms with Gasteiger partial charge in [-0.25, -0.2) is 12.8 Å². The molecule has 0 spiro atoms. The third-order valence-electron chi connectivity index (χ3n) is 6.35. The van der Waals surface area contributed by atoms with Gasteiger partial charge in [0.25, 0.3) is 5.91 Å². The number of likely N-dealkylation sites (tertiary alicyclic amines) is 1. The third-order valence-corrected chi connectivity index (χ3v) is 8.27. The lowest BCUT2D eigenvalue weighted by atomic mass is 10.0. The summed E-state index contributed by atoms with van der Waals surface area (Å²) < 4.78 is 41.3. The van der Waals surface area contributed by atoms with Crippen molar-refractivity contribution in [1.29, 1.82) is 0 Å². The van der Waals surface area contributed by atoms with E-state index in [9.17, 15) is 17.6 Å². The van der Waals surface area contributed by atoms with Gasteiger partial charge in [0.1, 0.15) is 10.7 Å². The van der Waals surface area contributed by atoms with Crippen molar-refractivity contribution < 1.29 is 17.6 Å². The van der Waals surface area contributed by atoms with E-state index in [1.165, 1.54) is 22.0 Å². The number of halogens is 1. The molecule has 32 heavy (non-hydrogen) atoms. The SMILES string of the molecule is O=C(NCC1CCCCN1Cc1ccccc1)c1ccc(F)c(S(=O)(=O)N2CCCC2)c1. The molecule has 2 aliphatic rings. The molecule has 0 saturated carbocycles. The summed E-state index contributed by atoms with van der Waals surface area (Å²) in [6.45, 7) is 3.05. The topological polar surface area (TPSA) is 69.7 Å². The predicted octanol–water partition coefficient (Wildman–Crippen LogP) is 3.39. The first-order valence-electron chi connectivity index (χ1n) is 11.3. The largest absolute Gasteiger partial charge is 0.350 e. The summed E-state index contributed by atoms with van der Waals surface area (Å²) in [6, 6.07) is 14.0. The van der Waals surface area contributed by atoms with Crippen LogP contribution in [0.1, 0.15) is 48.0 Å². The van der Waals surface area contributed by atoms with Crippen LogP contribution < -0.4 is 5.32 Å². The lowest BCUT2D eigenvalue weighted by Gasteiger charge is -2.36. The number of amides is 1. The summed E-state index contributed by atoms with van der Waals surface area (Å²) in [5, 5.41) is 2.94. The highest BCUT2D eigenvalue weighted by molar-refractivity contribution is 7.89. The van der Waals surface area contributed by atoms with Gasteiger partial charge in [0.2, 0.25) is 10.0 Å². The maximum absolute atomic E-state index is 14.4. The van der Waals surface area contributed by atoms with Crippen LogP contribution in [0.5, 0.6) is 0 Å². The van der Waals surface area contributed by atoms with Crippen LogP contribution in [-0.4, -0.2) is 55.8 Å². The number of carbonyl (C=O) groups is 1. The number of hydrogen-bond acceptors (Lipinski definition) is 4. The van der Waals surface area contributed by atoms with E-state index in [0.717, 1.165) is 51.3 Å². The number of rotatable bonds is 7. The van der Waals surface area contributed by atoms with Crippen molar-refractivity contribution >= 4 is 15.9 Å². The number of nitrogens with one attached hydrogen (secondary N) is 1. The van der Waals surface area contributed by atoms with Crippen molar-refractivity contribution in [2.45, 2.75) is 49.6 Å². The van der Waals surface area contributed by atoms with Crippen LogP contribution in [0, 0.1) is 5.82 Å². The van der Waals surface area contributed by atoms with E-state index in [1.807, 2.05) is 18.2 Å². The van der Waals surface area contributed by atoms with Gasteiger partial charge in [-0.2, -0.15) is 4.31 Å². The molecule has 6 nitrogen and oxygen atoms in total. The number of nitrogens with zero attached hydrogens (tertiary/aromatic N) is 2. The van der Waals surface area contributed by atoms with E-state index in [0.29, 0.717) is 19.6 Å². The maximum Gasteiger partial charge on any atom is 0.251 e. The number of carbonyl (C=O) groups excluding carboxylic acids is 1. The number of benzene rings is 2. The van der Waals surface area contributed by atoms with Gasteiger partial charge < -0.3 is 5.32 Å². The molecule has 0 aliphatic carbocycles. The summed E-state index contributed by atoms with van der Waals surface area (Å²) in [5.74, 6) is -1.21. The van der Waals surface area contributed by atoms with E-state index < -0.39 is 20.7 Å². The van der Waals surface area contributed by atoms with E-state index >= 15 is 0 Å². The Morgan fingerprint density at radius 2 is 1.72 bits per heavy atom. The molecule has 2 saturated heterocycles. The zero-order chi connectivity index (χ0) is 22.6. The lowest BCUT2D eigenvalue weighted by molar-refractivity contribution is 0.0907. The molecule has 0 bridgehead atoms. The summed E-state index contributed by atoms with van der Waals surface area (Å²) in [4.78, 5) is 14.8. The van der Waals surface area contributed by atoms with Gasteiger partial charge in [-0.3, -0.25) is 9.69 Å². The van der Waals surface area contributed by atoms with Gasteiger partial charge in [0, 0.05) is 37.8 Å². The van der Waals surface area contributed by atoms with Crippen molar-refractivity contribution in [3.05, 3.63) is 65.5 Å². The fourth-order valence-corrected chi connectivity index (χ4v) is 6.15. The molecular weight excluding hydrogens is 429 g/mol. The van der Waals surface area contributed by atoms with E-state index in [2.05, 4.69) is 22.3 Å². The molecule has 4 rings (SSSR count). The van der Waals surface area contributed by atoms with Crippen molar-refractivity contribution in [3.8, 4) is 0 Å². The molecule has 1 amide bonds. The average molecular weight is 460 g/mol. The van der Waals surface area contributed by atoms with Gasteiger partial charge in [0.15, 0.2) is 0 Å². The van der Waals surface area contributed by atoms with Gasteiger partial charge in [-0.05, 0) is 56.0 Å². The second-order valence-corrected chi connectivity index (χ2v) is 10.5. The second kappa shape index (κ2) is 10.1. The molecule has 2 aromatic rings. The zero-order valence-electron chi connectivity index (χ0n) is 18.2. The van der Waals surface area contributed by atoms with Gasteiger partial charge >= 0.3 is 0 Å². The van der Waals surface area contributed by atoms with Crippen LogP contribution in [0.4, 0.5) is 4.39 Å². The maximum atomic E-state index is 14.4. The molecule has 2 fully saturated rings. The standard InChI is InChI=1S/C24H30FN3O3S/c25-22-12-11-20(16-23(22)32(30,31)28-14-6-7-15-28)24(29)26-17-21-10-4-5-13-27(21)18-19-8-2-1-3-9-19/h1-3,8-9,11-12,16,21H,4-7,10,13-15,17-18H2,(H,26,29). The first kappa shape index (κ1) is 22.9. The fraction of sp³-hybridized carbons (Fsp3) is 0.458. The molecule has 1 N–H and O–H groups in total. The average Bonchev–Trinajstić information content (AvgIpc) is 3.35. The molecule has 2 aliphatic heterocycles. The number of piperidine rings is 1. The third kappa shape index (κ3) is 5.19. The van der Waals surface area contributed by atoms with Crippen molar-refractivity contribution in [3.63, 3.8) is 0 Å². The Bertz CT molecular complexity index is 1040. The first-order valence-corrected chi connectivity index (χ1v) is 12.7. The highest BCUT2D eigenvalue weighted by Crippen LogP contribution is 2.24. The van der Waals surface area contributed by atoms with Crippen molar-refractivity contribution in [2.75, 3.05) is 26.2 Å². The predicted molar refractivity (Wildman–Crippen MR) is 121 cm³/mol. The van der Waals surface area contributed by atoms with E-state index in [4.69, 9.17) is 0 Å². The van der Waals surface area contributed by atoms with Crippen LogP contribution in [0.25, 0.3) is 0 Å². The number of sulfonamides is 1. The monoisotopic (exact) mass is 459 g/mol. The molecule has 0 radical (unpaired) electrons. The molecule has 1 unspecified atom stereocenters. The summed E-state index contributed by atoms with van der Waals surface area (Å²) >= 11 is 0. The van der Waals surface area contributed by atoms with Gasteiger partial charge in [-0.1, -0.05) is 36.8 Å². The molecule has 172 valence electrons. The van der Waals surface area contributed by atoms with E-state index in [-0.39, 0.29) is 17.5 Å². The Kier molecular flexibility index (Phi) is 7.23. The van der Waals surface area contributed by atoms with Gasteiger partial charge in [-0.15, -0.1) is 0 Å². The molecule has 8 heteroatoms.